The summed E-state index contributed by atoms with van der Waals surface area (Å²) < 4.78 is 12.0. The molecular weight excluding hydrogens is 506 g/mol. The number of nitrogens with two attached hydrogens (primary N) is 1. The zero-order chi connectivity index (χ0) is 26.1. The van der Waals surface area contributed by atoms with Crippen molar-refractivity contribution in [3.63, 3.8) is 0 Å². The predicted octanol–water partition coefficient (Wildman–Crippen LogP) is -0.111. The van der Waals surface area contributed by atoms with Gasteiger partial charge in [-0.05, 0) is 39.0 Å². The lowest BCUT2D eigenvalue weighted by Crippen LogP contribution is -2.68. The molecule has 0 aromatic carbocycles. The van der Waals surface area contributed by atoms with E-state index in [-0.39, 0.29) is 43.2 Å². The molecule has 0 spiro atoms. The summed E-state index contributed by atoms with van der Waals surface area (Å²) in [5.74, 6) is -5.47. The Bertz CT molecular complexity index is 906. The third-order valence-electron chi connectivity index (χ3n) is 9.88. The molecule has 14 unspecified atom stereocenters. The van der Waals surface area contributed by atoms with E-state index in [4.69, 9.17) is 15.2 Å². The fourth-order valence-electron chi connectivity index (χ4n) is 7.90. The van der Waals surface area contributed by atoms with Crippen LogP contribution >= 0.6 is 12.4 Å². The fourth-order valence-corrected chi connectivity index (χ4v) is 7.90. The predicted molar refractivity (Wildman–Crippen MR) is 131 cm³/mol. The van der Waals surface area contributed by atoms with Crippen LogP contribution in [0.25, 0.3) is 0 Å². The zero-order valence-corrected chi connectivity index (χ0v) is 22.1. The third-order valence-corrected chi connectivity index (χ3v) is 9.88. The Morgan fingerprint density at radius 3 is 2.11 bits per heavy atom. The Balaban J connectivity index is 0.00000320. The van der Waals surface area contributed by atoms with Gasteiger partial charge in [-0.25, -0.2) is 0 Å². The molecule has 6 N–H and O–H groups in total. The number of aliphatic hydroxyl groups is 4. The number of fused-ring (bicyclic) bond motifs is 3. The number of ether oxygens (including phenoxy) is 2. The first-order valence-electron chi connectivity index (χ1n) is 13.4. The van der Waals surface area contributed by atoms with Gasteiger partial charge in [0.25, 0.3) is 0 Å². The first kappa shape index (κ1) is 29.0. The summed E-state index contributed by atoms with van der Waals surface area (Å²) in [6.07, 6.45) is -3.09. The Labute approximate surface area is 222 Å². The number of aliphatic hydroxyl groups excluding tert-OH is 3. The summed E-state index contributed by atoms with van der Waals surface area (Å²) in [5, 5.41) is 44.5. The van der Waals surface area contributed by atoms with E-state index in [9.17, 15) is 34.8 Å². The number of Topliss-reactive ketones (excluding diaryl/α,β-unsaturated/α-hetero) is 3. The van der Waals surface area contributed by atoms with Gasteiger partial charge >= 0.3 is 0 Å². The average molecular weight is 546 g/mol. The van der Waals surface area contributed by atoms with Gasteiger partial charge in [-0.15, -0.1) is 12.4 Å². The lowest BCUT2D eigenvalue weighted by atomic mass is 9.50. The van der Waals surface area contributed by atoms with Crippen molar-refractivity contribution in [2.75, 3.05) is 0 Å². The van der Waals surface area contributed by atoms with Crippen LogP contribution in [0.1, 0.15) is 58.8 Å². The largest absolute Gasteiger partial charge is 0.392 e. The Kier molecular flexibility index (Phi) is 8.26. The van der Waals surface area contributed by atoms with E-state index in [1.165, 1.54) is 6.92 Å². The number of rotatable bonds is 3. The monoisotopic (exact) mass is 545 g/mol. The molecule has 37 heavy (non-hydrogen) atoms. The van der Waals surface area contributed by atoms with Gasteiger partial charge in [-0.3, -0.25) is 14.4 Å². The maximum Gasteiger partial charge on any atom is 0.161 e. The maximum atomic E-state index is 13.6. The van der Waals surface area contributed by atoms with Crippen molar-refractivity contribution in [1.82, 2.24) is 0 Å². The highest BCUT2D eigenvalue weighted by Crippen LogP contribution is 2.54. The standard InChI is InChI=1S/C26H39NO9.ClH/c1-10-21(29)15(27)7-17(35-10)36-16-9-26(34,11(2)28)8-14-18(16)25(33)20-19(24(14)32)22(30)12-5-3-4-6-13(12)23(20)31;/h10,12-21,24-25,29,32-34H,3-9,27H2,1-2H3;1H. The second-order valence-electron chi connectivity index (χ2n) is 11.9. The molecule has 5 rings (SSSR count). The number of hydrogen-bond donors (Lipinski definition) is 5. The van der Waals surface area contributed by atoms with Gasteiger partial charge in [0.15, 0.2) is 12.1 Å². The smallest absolute Gasteiger partial charge is 0.161 e. The van der Waals surface area contributed by atoms with Crippen LogP contribution in [0.3, 0.4) is 0 Å². The van der Waals surface area contributed by atoms with Crippen molar-refractivity contribution in [3.8, 4) is 0 Å². The summed E-state index contributed by atoms with van der Waals surface area (Å²) in [5.41, 5.74) is 4.22. The van der Waals surface area contributed by atoms with Crippen molar-refractivity contribution in [3.05, 3.63) is 0 Å². The molecule has 4 saturated carbocycles. The van der Waals surface area contributed by atoms with Crippen molar-refractivity contribution >= 4 is 29.8 Å². The Hall–Kier alpha value is -0.980. The van der Waals surface area contributed by atoms with Crippen LogP contribution in [0, 0.1) is 35.5 Å². The number of carbonyl (C=O) groups is 3. The molecule has 11 heteroatoms. The molecule has 5 fully saturated rings. The second kappa shape index (κ2) is 10.5. The van der Waals surface area contributed by atoms with Gasteiger partial charge in [0.2, 0.25) is 0 Å². The highest BCUT2D eigenvalue weighted by Gasteiger charge is 2.65. The van der Waals surface area contributed by atoms with Crippen molar-refractivity contribution in [2.45, 2.75) is 107 Å². The molecule has 0 radical (unpaired) electrons. The van der Waals surface area contributed by atoms with Gasteiger partial charge in [0, 0.05) is 36.6 Å². The first-order chi connectivity index (χ1) is 16.9. The van der Waals surface area contributed by atoms with Crippen LogP contribution < -0.4 is 5.73 Å². The minimum absolute atomic E-state index is 0. The highest BCUT2D eigenvalue weighted by atomic mass is 35.5. The molecule has 5 aliphatic rings. The minimum Gasteiger partial charge on any atom is -0.392 e. The summed E-state index contributed by atoms with van der Waals surface area (Å²) >= 11 is 0. The third kappa shape index (κ3) is 4.71. The molecule has 210 valence electrons. The molecule has 1 saturated heterocycles. The Morgan fingerprint density at radius 2 is 1.57 bits per heavy atom. The second-order valence-corrected chi connectivity index (χ2v) is 11.9. The first-order valence-corrected chi connectivity index (χ1v) is 13.4. The van der Waals surface area contributed by atoms with E-state index in [1.807, 2.05) is 0 Å². The number of ketones is 3. The van der Waals surface area contributed by atoms with E-state index >= 15 is 0 Å². The quantitative estimate of drug-likeness (QED) is 0.321. The van der Waals surface area contributed by atoms with Gasteiger partial charge < -0.3 is 35.6 Å². The lowest BCUT2D eigenvalue weighted by Gasteiger charge is -2.57. The highest BCUT2D eigenvalue weighted by molar-refractivity contribution is 6.00. The molecule has 0 aromatic rings. The minimum atomic E-state index is -1.82. The molecule has 0 amide bonds. The van der Waals surface area contributed by atoms with Crippen molar-refractivity contribution < 1.29 is 44.3 Å². The van der Waals surface area contributed by atoms with Crippen LogP contribution in [0.4, 0.5) is 0 Å². The number of halogens is 1. The van der Waals surface area contributed by atoms with E-state index in [2.05, 4.69) is 0 Å². The average Bonchev–Trinajstić information content (AvgIpc) is 2.82. The Morgan fingerprint density at radius 1 is 1.00 bits per heavy atom. The maximum absolute atomic E-state index is 13.6. The zero-order valence-electron chi connectivity index (χ0n) is 21.3. The molecule has 1 aliphatic heterocycles. The molecule has 10 nitrogen and oxygen atoms in total. The van der Waals surface area contributed by atoms with E-state index in [0.29, 0.717) is 12.8 Å². The van der Waals surface area contributed by atoms with Crippen LogP contribution in [-0.4, -0.2) is 86.2 Å². The normalized spacial score (nSPS) is 51.8. The van der Waals surface area contributed by atoms with E-state index < -0.39 is 89.7 Å². The van der Waals surface area contributed by atoms with Crippen LogP contribution in [-0.2, 0) is 23.9 Å². The SMILES string of the molecule is CC(=O)C1(O)CC(OC2CC(N)C(O)C(C)O2)C2C(O)C3C(=O)C4CCCCC4C(=O)C3C(O)C2C1.Cl. The fraction of sp³-hybridized carbons (Fsp3) is 0.885. The summed E-state index contributed by atoms with van der Waals surface area (Å²) in [6.45, 7) is 2.92. The number of hydrogen-bond acceptors (Lipinski definition) is 10. The van der Waals surface area contributed by atoms with Gasteiger partial charge in [0.1, 0.15) is 17.2 Å². The lowest BCUT2D eigenvalue weighted by molar-refractivity contribution is -0.279. The van der Waals surface area contributed by atoms with Crippen molar-refractivity contribution in [1.29, 1.82) is 0 Å². The van der Waals surface area contributed by atoms with Crippen LogP contribution in [0.5, 0.6) is 0 Å². The molecule has 14 atom stereocenters. The molecule has 0 bridgehead atoms. The van der Waals surface area contributed by atoms with Gasteiger partial charge in [0.05, 0.1) is 42.4 Å². The summed E-state index contributed by atoms with van der Waals surface area (Å²) in [6, 6.07) is -0.614. The molecule has 4 aliphatic carbocycles. The van der Waals surface area contributed by atoms with Gasteiger partial charge in [-0.2, -0.15) is 0 Å². The number of carbonyl (C=O) groups excluding carboxylic acids is 3. The van der Waals surface area contributed by atoms with Crippen LogP contribution in [0.2, 0.25) is 0 Å². The topological polar surface area (TPSA) is 177 Å². The molecule has 1 heterocycles. The van der Waals surface area contributed by atoms with E-state index in [0.717, 1.165) is 12.8 Å². The van der Waals surface area contributed by atoms with Crippen molar-refractivity contribution in [2.24, 2.45) is 41.2 Å². The van der Waals surface area contributed by atoms with Crippen LogP contribution in [0.15, 0.2) is 0 Å². The van der Waals surface area contributed by atoms with E-state index in [1.54, 1.807) is 6.92 Å². The summed E-state index contributed by atoms with van der Waals surface area (Å²) in [7, 11) is 0. The van der Waals surface area contributed by atoms with Gasteiger partial charge in [-0.1, -0.05) is 12.8 Å². The molecular formula is C26H40ClNO9. The molecule has 0 aromatic heterocycles. The summed E-state index contributed by atoms with van der Waals surface area (Å²) in [4.78, 5) is 39.6.